The molecule has 0 bridgehead atoms. The Morgan fingerprint density at radius 1 is 1.14 bits per heavy atom. The molecule has 0 aromatic rings. The van der Waals surface area contributed by atoms with E-state index in [1.165, 1.54) is 25.7 Å². The van der Waals surface area contributed by atoms with Gasteiger partial charge in [-0.05, 0) is 32.5 Å². The van der Waals surface area contributed by atoms with Crippen LogP contribution in [0, 0.1) is 0 Å². The van der Waals surface area contributed by atoms with Crippen molar-refractivity contribution in [2.45, 2.75) is 46.5 Å². The Morgan fingerprint density at radius 3 is 2.36 bits per heavy atom. The molecular weight excluding hydrogens is 194 g/mol. The van der Waals surface area contributed by atoms with E-state index in [4.69, 9.17) is 17.0 Å². The second-order valence-corrected chi connectivity index (χ2v) is 3.69. The fourth-order valence-electron chi connectivity index (χ4n) is 1.32. The number of ether oxygens (including phenoxy) is 1. The van der Waals surface area contributed by atoms with Gasteiger partial charge in [-0.2, -0.15) is 0 Å². The molecule has 14 heavy (non-hydrogen) atoms. The average molecular weight is 217 g/mol. The third kappa shape index (κ3) is 6.19. The predicted octanol–water partition coefficient (Wildman–Crippen LogP) is 3.21. The van der Waals surface area contributed by atoms with Gasteiger partial charge in [-0.25, -0.2) is 0 Å². The summed E-state index contributed by atoms with van der Waals surface area (Å²) in [5, 5.41) is 0.659. The van der Waals surface area contributed by atoms with E-state index in [9.17, 15) is 0 Å². The van der Waals surface area contributed by atoms with E-state index in [0.29, 0.717) is 11.8 Å². The van der Waals surface area contributed by atoms with Gasteiger partial charge in [-0.1, -0.05) is 26.2 Å². The Morgan fingerprint density at radius 2 is 1.86 bits per heavy atom. The molecule has 0 atom stereocenters. The van der Waals surface area contributed by atoms with E-state index in [2.05, 4.69) is 18.7 Å². The van der Waals surface area contributed by atoms with Crippen LogP contribution in [0.4, 0.5) is 0 Å². The molecule has 0 aromatic carbocycles. The summed E-state index contributed by atoms with van der Waals surface area (Å²) in [4.78, 5) is 2.13. The summed E-state index contributed by atoms with van der Waals surface area (Å²) in [7, 11) is 0. The maximum atomic E-state index is 5.31. The van der Waals surface area contributed by atoms with Crippen molar-refractivity contribution in [1.29, 1.82) is 0 Å². The maximum absolute atomic E-state index is 5.31. The van der Waals surface area contributed by atoms with Gasteiger partial charge in [0.15, 0.2) is 0 Å². The fourth-order valence-corrected chi connectivity index (χ4v) is 1.66. The van der Waals surface area contributed by atoms with Gasteiger partial charge in [0.25, 0.3) is 5.17 Å². The highest BCUT2D eigenvalue weighted by Crippen LogP contribution is 2.03. The van der Waals surface area contributed by atoms with Crippen molar-refractivity contribution < 1.29 is 4.74 Å². The SMILES string of the molecule is CCCCCCN(CC)C(=S)OCC. The Balaban J connectivity index is 3.62. The summed E-state index contributed by atoms with van der Waals surface area (Å²) in [5.41, 5.74) is 0. The molecule has 0 rings (SSSR count). The molecule has 0 heterocycles. The first kappa shape index (κ1) is 13.7. The third-order valence-electron chi connectivity index (χ3n) is 2.19. The fraction of sp³-hybridized carbons (Fsp3) is 0.909. The van der Waals surface area contributed by atoms with Crippen molar-refractivity contribution in [3.63, 3.8) is 0 Å². The van der Waals surface area contributed by atoms with Gasteiger partial charge in [0.2, 0.25) is 0 Å². The average Bonchev–Trinajstić information content (AvgIpc) is 2.18. The van der Waals surface area contributed by atoms with Gasteiger partial charge >= 0.3 is 0 Å². The highest BCUT2D eigenvalue weighted by atomic mass is 32.1. The van der Waals surface area contributed by atoms with Gasteiger partial charge in [0.1, 0.15) is 0 Å². The van der Waals surface area contributed by atoms with Crippen molar-refractivity contribution in [2.24, 2.45) is 0 Å². The minimum Gasteiger partial charge on any atom is -0.471 e. The molecule has 0 N–H and O–H groups in total. The molecule has 0 aromatic heterocycles. The standard InChI is InChI=1S/C11H23NOS/c1-4-7-8-9-10-12(5-2)11(14)13-6-3/h4-10H2,1-3H3. The quantitative estimate of drug-likeness (QED) is 0.480. The lowest BCUT2D eigenvalue weighted by Crippen LogP contribution is -2.32. The molecule has 0 aliphatic carbocycles. The minimum atomic E-state index is 0.659. The van der Waals surface area contributed by atoms with E-state index in [1.54, 1.807) is 0 Å². The van der Waals surface area contributed by atoms with Crippen LogP contribution in [-0.4, -0.2) is 29.8 Å². The van der Waals surface area contributed by atoms with E-state index in [1.807, 2.05) is 6.92 Å². The largest absolute Gasteiger partial charge is 0.471 e. The van der Waals surface area contributed by atoms with Crippen LogP contribution in [-0.2, 0) is 4.74 Å². The predicted molar refractivity (Wildman–Crippen MR) is 65.6 cm³/mol. The molecule has 84 valence electrons. The van der Waals surface area contributed by atoms with Crippen molar-refractivity contribution in [3.05, 3.63) is 0 Å². The molecule has 0 aliphatic heterocycles. The number of unbranched alkanes of at least 4 members (excludes halogenated alkanes) is 3. The number of hydrogen-bond donors (Lipinski definition) is 0. The third-order valence-corrected chi connectivity index (χ3v) is 2.57. The zero-order valence-electron chi connectivity index (χ0n) is 9.71. The topological polar surface area (TPSA) is 12.5 Å². The van der Waals surface area contributed by atoms with Gasteiger partial charge in [0.05, 0.1) is 6.61 Å². The number of hydrogen-bond acceptors (Lipinski definition) is 2. The van der Waals surface area contributed by atoms with Crippen molar-refractivity contribution in [1.82, 2.24) is 4.90 Å². The lowest BCUT2D eigenvalue weighted by Gasteiger charge is -2.22. The highest BCUT2D eigenvalue weighted by Gasteiger charge is 2.06. The zero-order chi connectivity index (χ0) is 10.8. The van der Waals surface area contributed by atoms with Gasteiger partial charge < -0.3 is 9.64 Å². The van der Waals surface area contributed by atoms with Crippen LogP contribution < -0.4 is 0 Å². The van der Waals surface area contributed by atoms with Crippen LogP contribution in [0.25, 0.3) is 0 Å². The summed E-state index contributed by atoms with van der Waals surface area (Å²) in [6.45, 7) is 8.97. The molecule has 3 heteroatoms. The van der Waals surface area contributed by atoms with E-state index in [0.717, 1.165) is 13.1 Å². The van der Waals surface area contributed by atoms with Crippen molar-refractivity contribution in [3.8, 4) is 0 Å². The van der Waals surface area contributed by atoms with Gasteiger partial charge in [-0.15, -0.1) is 0 Å². The number of thiocarbonyl (C=S) groups is 1. The van der Waals surface area contributed by atoms with Crippen LogP contribution in [0.15, 0.2) is 0 Å². The Kier molecular flexibility index (Phi) is 9.05. The second kappa shape index (κ2) is 9.25. The second-order valence-electron chi connectivity index (χ2n) is 3.34. The first-order chi connectivity index (χ1) is 6.76. The summed E-state index contributed by atoms with van der Waals surface area (Å²) in [5.74, 6) is 0. The molecule has 0 amide bonds. The lowest BCUT2D eigenvalue weighted by atomic mass is 10.2. The van der Waals surface area contributed by atoms with Crippen LogP contribution in [0.2, 0.25) is 0 Å². The molecule has 0 aliphatic rings. The lowest BCUT2D eigenvalue weighted by molar-refractivity contribution is 0.256. The summed E-state index contributed by atoms with van der Waals surface area (Å²) < 4.78 is 5.31. The van der Waals surface area contributed by atoms with E-state index >= 15 is 0 Å². The Labute approximate surface area is 93.6 Å². The van der Waals surface area contributed by atoms with E-state index < -0.39 is 0 Å². The van der Waals surface area contributed by atoms with Crippen LogP contribution in [0.3, 0.4) is 0 Å². The van der Waals surface area contributed by atoms with Crippen molar-refractivity contribution >= 4 is 17.4 Å². The number of rotatable bonds is 7. The van der Waals surface area contributed by atoms with Gasteiger partial charge in [0, 0.05) is 13.1 Å². The molecule has 0 spiro atoms. The smallest absolute Gasteiger partial charge is 0.259 e. The molecule has 0 radical (unpaired) electrons. The summed E-state index contributed by atoms with van der Waals surface area (Å²) >= 11 is 5.16. The first-order valence-electron chi connectivity index (χ1n) is 5.67. The van der Waals surface area contributed by atoms with Crippen molar-refractivity contribution in [2.75, 3.05) is 19.7 Å². The molecule has 0 fully saturated rings. The van der Waals surface area contributed by atoms with Crippen LogP contribution in [0.1, 0.15) is 46.5 Å². The van der Waals surface area contributed by atoms with Gasteiger partial charge in [-0.3, -0.25) is 0 Å². The van der Waals surface area contributed by atoms with Crippen LogP contribution >= 0.6 is 12.2 Å². The Hall–Kier alpha value is -0.310. The van der Waals surface area contributed by atoms with Crippen LogP contribution in [0.5, 0.6) is 0 Å². The van der Waals surface area contributed by atoms with E-state index in [-0.39, 0.29) is 0 Å². The number of nitrogens with zero attached hydrogens (tertiary/aromatic N) is 1. The zero-order valence-corrected chi connectivity index (χ0v) is 10.5. The summed E-state index contributed by atoms with van der Waals surface area (Å²) in [6, 6.07) is 0. The maximum Gasteiger partial charge on any atom is 0.259 e. The molecule has 0 saturated heterocycles. The monoisotopic (exact) mass is 217 g/mol. The highest BCUT2D eigenvalue weighted by molar-refractivity contribution is 7.80. The molecule has 0 saturated carbocycles. The normalized spacial score (nSPS) is 9.93. The molecular formula is C11H23NOS. The minimum absolute atomic E-state index is 0.659. The molecule has 0 unspecified atom stereocenters. The summed E-state index contributed by atoms with van der Waals surface area (Å²) in [6.07, 6.45) is 5.11. The first-order valence-corrected chi connectivity index (χ1v) is 6.08. The molecule has 2 nitrogen and oxygen atoms in total. The Bertz CT molecular complexity index is 150.